The molecule has 3 nitrogen and oxygen atoms in total. The molecule has 2 aromatic carbocycles. The molecule has 1 saturated carbocycles. The van der Waals surface area contributed by atoms with Crippen molar-refractivity contribution >= 4 is 29.9 Å². The first-order valence-corrected chi connectivity index (χ1v) is 8.03. The average Bonchev–Trinajstić information content (AvgIpc) is 3.35. The van der Waals surface area contributed by atoms with E-state index in [-0.39, 0.29) is 29.8 Å². The minimum Gasteiger partial charge on any atom is -0.356 e. The number of aliphatic imine (C=N–C) groups is 1. The number of guanidine groups is 1. The lowest BCUT2D eigenvalue weighted by molar-refractivity contribution is 0.606. The molecular weight excluding hydrogens is 416 g/mol. The Bertz CT molecular complexity index is 675. The largest absolute Gasteiger partial charge is 0.356 e. The lowest BCUT2D eigenvalue weighted by Gasteiger charge is -2.12. The van der Waals surface area contributed by atoms with E-state index in [0.29, 0.717) is 24.9 Å². The van der Waals surface area contributed by atoms with Crippen LogP contribution >= 0.6 is 24.0 Å². The van der Waals surface area contributed by atoms with Crippen LogP contribution in [-0.2, 0) is 6.42 Å². The number of halogens is 2. The lowest BCUT2D eigenvalue weighted by Crippen LogP contribution is -2.40. The Balaban J connectivity index is 0.00000208. The molecule has 2 N–H and O–H groups in total. The highest BCUT2D eigenvalue weighted by Crippen LogP contribution is 2.40. The van der Waals surface area contributed by atoms with Crippen molar-refractivity contribution in [2.45, 2.75) is 24.8 Å². The molecule has 0 aromatic heterocycles. The monoisotopic (exact) mass is 439 g/mol. The Morgan fingerprint density at radius 3 is 2.54 bits per heavy atom. The fourth-order valence-corrected chi connectivity index (χ4v) is 2.81. The minimum absolute atomic E-state index is 0. The van der Waals surface area contributed by atoms with Crippen LogP contribution in [0.1, 0.15) is 23.5 Å². The van der Waals surface area contributed by atoms with Gasteiger partial charge in [0.15, 0.2) is 5.96 Å². The van der Waals surface area contributed by atoms with Crippen LogP contribution in [0.5, 0.6) is 0 Å². The average molecular weight is 439 g/mol. The highest BCUT2D eigenvalue weighted by molar-refractivity contribution is 14.0. The van der Waals surface area contributed by atoms with Crippen molar-refractivity contribution in [2.24, 2.45) is 4.99 Å². The van der Waals surface area contributed by atoms with E-state index in [1.54, 1.807) is 13.1 Å². The summed E-state index contributed by atoms with van der Waals surface area (Å²) in [5.41, 5.74) is 2.09. The van der Waals surface area contributed by atoms with Crippen LogP contribution in [0.4, 0.5) is 4.39 Å². The molecule has 0 amide bonds. The Morgan fingerprint density at radius 1 is 1.12 bits per heavy atom. The van der Waals surface area contributed by atoms with Crippen LogP contribution in [0, 0.1) is 5.82 Å². The Labute approximate surface area is 159 Å². The van der Waals surface area contributed by atoms with Gasteiger partial charge in [-0.2, -0.15) is 0 Å². The summed E-state index contributed by atoms with van der Waals surface area (Å²) in [6.07, 6.45) is 1.76. The smallest absolute Gasteiger partial charge is 0.191 e. The van der Waals surface area contributed by atoms with Crippen LogP contribution in [0.2, 0.25) is 0 Å². The first kappa shape index (κ1) is 18.7. The minimum atomic E-state index is -0.149. The number of benzene rings is 2. The summed E-state index contributed by atoms with van der Waals surface area (Å²) < 4.78 is 13.6. The molecule has 2 unspecified atom stereocenters. The SMILES string of the molecule is CN=C(NCCc1ccccc1F)NC1CC1c1ccccc1.I. The second kappa shape index (κ2) is 9.01. The van der Waals surface area contributed by atoms with Gasteiger partial charge in [-0.15, -0.1) is 24.0 Å². The van der Waals surface area contributed by atoms with Crippen LogP contribution in [0.15, 0.2) is 59.6 Å². The summed E-state index contributed by atoms with van der Waals surface area (Å²) in [5, 5.41) is 6.70. The molecule has 0 saturated heterocycles. The summed E-state index contributed by atoms with van der Waals surface area (Å²) in [6.45, 7) is 0.656. The van der Waals surface area contributed by atoms with Gasteiger partial charge >= 0.3 is 0 Å². The first-order valence-electron chi connectivity index (χ1n) is 8.03. The molecule has 24 heavy (non-hydrogen) atoms. The van der Waals surface area contributed by atoms with Gasteiger partial charge in [-0.25, -0.2) is 4.39 Å². The van der Waals surface area contributed by atoms with Crippen molar-refractivity contribution in [3.8, 4) is 0 Å². The van der Waals surface area contributed by atoms with E-state index in [2.05, 4.69) is 39.9 Å². The van der Waals surface area contributed by atoms with E-state index in [0.717, 1.165) is 17.9 Å². The molecule has 5 heteroatoms. The molecule has 3 rings (SSSR count). The molecule has 128 valence electrons. The van der Waals surface area contributed by atoms with E-state index in [4.69, 9.17) is 0 Å². The number of nitrogens with one attached hydrogen (secondary N) is 2. The maximum Gasteiger partial charge on any atom is 0.191 e. The summed E-state index contributed by atoms with van der Waals surface area (Å²) in [5.74, 6) is 1.19. The zero-order valence-electron chi connectivity index (χ0n) is 13.7. The molecule has 0 radical (unpaired) electrons. The number of hydrogen-bond acceptors (Lipinski definition) is 1. The van der Waals surface area contributed by atoms with Gasteiger partial charge in [0, 0.05) is 25.6 Å². The van der Waals surface area contributed by atoms with E-state index >= 15 is 0 Å². The van der Waals surface area contributed by atoms with Gasteiger partial charge in [-0.3, -0.25) is 4.99 Å². The number of nitrogens with zero attached hydrogens (tertiary/aromatic N) is 1. The van der Waals surface area contributed by atoms with Gasteiger partial charge in [-0.1, -0.05) is 48.5 Å². The van der Waals surface area contributed by atoms with Crippen LogP contribution < -0.4 is 10.6 Å². The second-order valence-electron chi connectivity index (χ2n) is 5.84. The van der Waals surface area contributed by atoms with Crippen molar-refractivity contribution in [3.63, 3.8) is 0 Å². The third kappa shape index (κ3) is 4.93. The summed E-state index contributed by atoms with van der Waals surface area (Å²) in [6, 6.07) is 17.8. The molecule has 0 bridgehead atoms. The fraction of sp³-hybridized carbons (Fsp3) is 0.316. The van der Waals surface area contributed by atoms with Gasteiger partial charge in [0.25, 0.3) is 0 Å². The van der Waals surface area contributed by atoms with E-state index in [1.807, 2.05) is 18.2 Å². The van der Waals surface area contributed by atoms with Crippen molar-refractivity contribution in [2.75, 3.05) is 13.6 Å². The Morgan fingerprint density at radius 2 is 1.83 bits per heavy atom. The third-order valence-electron chi connectivity index (χ3n) is 4.21. The molecule has 1 aliphatic rings. The van der Waals surface area contributed by atoms with Crippen molar-refractivity contribution in [1.29, 1.82) is 0 Å². The predicted octanol–water partition coefficient (Wildman–Crippen LogP) is 3.71. The molecule has 1 aliphatic carbocycles. The fourth-order valence-electron chi connectivity index (χ4n) is 2.81. The molecule has 1 fully saturated rings. The summed E-state index contributed by atoms with van der Waals surface area (Å²) in [7, 11) is 1.76. The van der Waals surface area contributed by atoms with Crippen LogP contribution in [-0.4, -0.2) is 25.6 Å². The van der Waals surface area contributed by atoms with Crippen molar-refractivity contribution in [3.05, 3.63) is 71.5 Å². The van der Waals surface area contributed by atoms with Gasteiger partial charge in [0.05, 0.1) is 0 Å². The van der Waals surface area contributed by atoms with Gasteiger partial charge in [0.1, 0.15) is 5.82 Å². The maximum absolute atomic E-state index is 13.6. The van der Waals surface area contributed by atoms with Crippen LogP contribution in [0.25, 0.3) is 0 Å². The van der Waals surface area contributed by atoms with Gasteiger partial charge in [-0.05, 0) is 30.0 Å². The molecule has 2 aromatic rings. The Hall–Kier alpha value is -1.63. The highest BCUT2D eigenvalue weighted by atomic mass is 127. The van der Waals surface area contributed by atoms with Gasteiger partial charge in [0.2, 0.25) is 0 Å². The van der Waals surface area contributed by atoms with Crippen LogP contribution in [0.3, 0.4) is 0 Å². The van der Waals surface area contributed by atoms with Crippen molar-refractivity contribution < 1.29 is 4.39 Å². The topological polar surface area (TPSA) is 36.4 Å². The molecule has 0 spiro atoms. The standard InChI is InChI=1S/C19H22FN3.HI/c1-21-19(22-12-11-15-9-5-6-10-17(15)20)23-18-13-16(18)14-7-3-2-4-8-14;/h2-10,16,18H,11-13H2,1H3,(H2,21,22,23);1H. The van der Waals surface area contributed by atoms with Crippen molar-refractivity contribution in [1.82, 2.24) is 10.6 Å². The summed E-state index contributed by atoms with van der Waals surface area (Å²) >= 11 is 0. The summed E-state index contributed by atoms with van der Waals surface area (Å²) in [4.78, 5) is 4.25. The quantitative estimate of drug-likeness (QED) is 0.424. The molecule has 0 aliphatic heterocycles. The van der Waals surface area contributed by atoms with E-state index in [1.165, 1.54) is 11.6 Å². The number of rotatable bonds is 5. The lowest BCUT2D eigenvalue weighted by atomic mass is 10.1. The normalized spacial score (nSPS) is 19.3. The predicted molar refractivity (Wildman–Crippen MR) is 108 cm³/mol. The zero-order chi connectivity index (χ0) is 16.1. The third-order valence-corrected chi connectivity index (χ3v) is 4.21. The molecule has 0 heterocycles. The highest BCUT2D eigenvalue weighted by Gasteiger charge is 2.38. The maximum atomic E-state index is 13.6. The number of hydrogen-bond donors (Lipinski definition) is 2. The van der Waals surface area contributed by atoms with E-state index < -0.39 is 0 Å². The van der Waals surface area contributed by atoms with Gasteiger partial charge < -0.3 is 10.6 Å². The molecule has 2 atom stereocenters. The first-order chi connectivity index (χ1) is 11.3. The Kier molecular flexibility index (Phi) is 7.02. The molecular formula is C19H23FIN3. The van der Waals surface area contributed by atoms with E-state index in [9.17, 15) is 4.39 Å². The second-order valence-corrected chi connectivity index (χ2v) is 5.84. The zero-order valence-corrected chi connectivity index (χ0v) is 16.0.